The van der Waals surface area contributed by atoms with Crippen molar-refractivity contribution in [3.05, 3.63) is 0 Å². The Bertz CT molecular complexity index is 369. The van der Waals surface area contributed by atoms with E-state index in [-0.39, 0.29) is 17.2 Å². The lowest BCUT2D eigenvalue weighted by Gasteiger charge is -2.54. The molecule has 4 heteroatoms. The van der Waals surface area contributed by atoms with Crippen molar-refractivity contribution in [2.75, 3.05) is 13.2 Å². The van der Waals surface area contributed by atoms with Crippen LogP contribution in [0.4, 0.5) is 0 Å². The maximum absolute atomic E-state index is 12.4. The van der Waals surface area contributed by atoms with E-state index in [4.69, 9.17) is 4.74 Å². The first kappa shape index (κ1) is 13.4. The summed E-state index contributed by atoms with van der Waals surface area (Å²) < 4.78 is 5.78. The van der Waals surface area contributed by atoms with Crippen LogP contribution in [0.1, 0.15) is 40.0 Å². The molecule has 0 aromatic carbocycles. The average Bonchev–Trinajstić information content (AvgIpc) is 2.82. The highest BCUT2D eigenvalue weighted by molar-refractivity contribution is 5.79. The van der Waals surface area contributed by atoms with Gasteiger partial charge >= 0.3 is 0 Å². The van der Waals surface area contributed by atoms with Crippen molar-refractivity contribution in [1.82, 2.24) is 10.6 Å². The number of piperidine rings is 1. The first-order valence-corrected chi connectivity index (χ1v) is 7.65. The molecule has 1 saturated carbocycles. The van der Waals surface area contributed by atoms with Crippen LogP contribution in [-0.4, -0.2) is 37.2 Å². The maximum atomic E-state index is 12.4. The minimum Gasteiger partial charge on any atom is -0.377 e. The second-order valence-electron chi connectivity index (χ2n) is 7.13. The number of carbonyl (C=O) groups excluding carboxylic acids is 1. The molecule has 3 unspecified atom stereocenters. The number of fused-ring (bicyclic) bond motifs is 1. The smallest absolute Gasteiger partial charge is 0.223 e. The summed E-state index contributed by atoms with van der Waals surface area (Å²) in [7, 11) is 0. The normalized spacial score (nSPS) is 44.3. The third kappa shape index (κ3) is 2.19. The second kappa shape index (κ2) is 4.74. The fourth-order valence-corrected chi connectivity index (χ4v) is 4.26. The first-order chi connectivity index (χ1) is 9.00. The first-order valence-electron chi connectivity index (χ1n) is 7.65. The van der Waals surface area contributed by atoms with Gasteiger partial charge in [-0.2, -0.15) is 0 Å². The number of amides is 1. The highest BCUT2D eigenvalue weighted by atomic mass is 16.5. The van der Waals surface area contributed by atoms with Crippen molar-refractivity contribution in [1.29, 1.82) is 0 Å². The molecule has 3 fully saturated rings. The van der Waals surface area contributed by atoms with E-state index in [1.807, 2.05) is 0 Å². The van der Waals surface area contributed by atoms with E-state index in [9.17, 15) is 4.79 Å². The molecule has 0 aromatic rings. The van der Waals surface area contributed by atoms with Crippen molar-refractivity contribution in [2.24, 2.45) is 17.3 Å². The second-order valence-corrected chi connectivity index (χ2v) is 7.13. The molecule has 3 rings (SSSR count). The van der Waals surface area contributed by atoms with Crippen LogP contribution in [-0.2, 0) is 9.53 Å². The molecular weight excluding hydrogens is 240 g/mol. The van der Waals surface area contributed by atoms with Gasteiger partial charge in [-0.3, -0.25) is 4.79 Å². The molecule has 3 aliphatic rings. The van der Waals surface area contributed by atoms with E-state index < -0.39 is 0 Å². The minimum absolute atomic E-state index is 0.0926. The van der Waals surface area contributed by atoms with Gasteiger partial charge in [0.15, 0.2) is 0 Å². The number of carbonyl (C=O) groups is 1. The molecule has 2 heterocycles. The number of hydrogen-bond acceptors (Lipinski definition) is 3. The Labute approximate surface area is 115 Å². The summed E-state index contributed by atoms with van der Waals surface area (Å²) in [5, 5.41) is 6.72. The van der Waals surface area contributed by atoms with Crippen molar-refractivity contribution in [2.45, 2.75) is 58.2 Å². The zero-order valence-corrected chi connectivity index (χ0v) is 12.2. The van der Waals surface area contributed by atoms with Crippen LogP contribution < -0.4 is 10.6 Å². The monoisotopic (exact) mass is 266 g/mol. The van der Waals surface area contributed by atoms with Gasteiger partial charge in [0.05, 0.1) is 6.10 Å². The third-order valence-electron chi connectivity index (χ3n) is 5.39. The van der Waals surface area contributed by atoms with E-state index in [1.165, 1.54) is 0 Å². The maximum Gasteiger partial charge on any atom is 0.223 e. The molecule has 2 saturated heterocycles. The summed E-state index contributed by atoms with van der Waals surface area (Å²) in [5.41, 5.74) is 0.0926. The number of rotatable bonds is 2. The lowest BCUT2D eigenvalue weighted by Crippen LogP contribution is -2.67. The Morgan fingerprint density at radius 1 is 1.37 bits per heavy atom. The highest BCUT2D eigenvalue weighted by Crippen LogP contribution is 2.52. The van der Waals surface area contributed by atoms with E-state index >= 15 is 0 Å². The molecule has 4 nitrogen and oxygen atoms in total. The fraction of sp³-hybridized carbons (Fsp3) is 0.933. The standard InChI is InChI=1S/C15H26N2O2/c1-9-8-10(4-6-16-9)14(18)17-12-11-5-7-19-13(11)15(12,2)3/h9-13,16H,4-8H2,1-3H3,(H,17,18)/t9-,10-,11?,12?,13?/m0/s1. The summed E-state index contributed by atoms with van der Waals surface area (Å²) in [6.07, 6.45) is 3.38. The molecule has 1 aliphatic carbocycles. The number of hydrogen-bond donors (Lipinski definition) is 2. The van der Waals surface area contributed by atoms with Crippen LogP contribution in [0.2, 0.25) is 0 Å². The van der Waals surface area contributed by atoms with Gasteiger partial charge in [-0.25, -0.2) is 0 Å². The average molecular weight is 266 g/mol. The molecule has 19 heavy (non-hydrogen) atoms. The number of ether oxygens (including phenoxy) is 1. The number of nitrogens with one attached hydrogen (secondary N) is 2. The van der Waals surface area contributed by atoms with Crippen LogP contribution in [0, 0.1) is 17.3 Å². The van der Waals surface area contributed by atoms with Crippen molar-refractivity contribution < 1.29 is 9.53 Å². The summed E-state index contributed by atoms with van der Waals surface area (Å²) in [5.74, 6) is 0.989. The SMILES string of the molecule is C[C@H]1C[C@@H](C(=O)NC2C3CCOC3C2(C)C)CCN1. The van der Waals surface area contributed by atoms with Gasteiger partial charge in [-0.05, 0) is 32.7 Å². The molecular formula is C15H26N2O2. The largest absolute Gasteiger partial charge is 0.377 e. The van der Waals surface area contributed by atoms with E-state index in [0.717, 1.165) is 32.4 Å². The summed E-state index contributed by atoms with van der Waals surface area (Å²) >= 11 is 0. The van der Waals surface area contributed by atoms with Gasteiger partial charge in [0, 0.05) is 35.9 Å². The quantitative estimate of drug-likeness (QED) is 0.792. The fourth-order valence-electron chi connectivity index (χ4n) is 4.26. The Balaban J connectivity index is 1.60. The van der Waals surface area contributed by atoms with Crippen molar-refractivity contribution >= 4 is 5.91 Å². The van der Waals surface area contributed by atoms with Gasteiger partial charge < -0.3 is 15.4 Å². The molecule has 0 spiro atoms. The van der Waals surface area contributed by atoms with Crippen LogP contribution >= 0.6 is 0 Å². The summed E-state index contributed by atoms with van der Waals surface area (Å²) in [4.78, 5) is 12.4. The highest BCUT2D eigenvalue weighted by Gasteiger charge is 2.59. The predicted octanol–water partition coefficient (Wildman–Crippen LogP) is 1.30. The molecule has 2 aliphatic heterocycles. The van der Waals surface area contributed by atoms with Gasteiger partial charge in [0.2, 0.25) is 5.91 Å². The topological polar surface area (TPSA) is 50.4 Å². The molecule has 2 N–H and O–H groups in total. The van der Waals surface area contributed by atoms with Crippen molar-refractivity contribution in [3.8, 4) is 0 Å². The van der Waals surface area contributed by atoms with Crippen LogP contribution in [0.25, 0.3) is 0 Å². The molecule has 0 bridgehead atoms. The molecule has 1 amide bonds. The summed E-state index contributed by atoms with van der Waals surface area (Å²) in [6.45, 7) is 8.41. The Kier molecular flexibility index (Phi) is 3.34. The molecule has 0 aromatic heterocycles. The minimum atomic E-state index is 0.0926. The lowest BCUT2D eigenvalue weighted by molar-refractivity contribution is -0.141. The zero-order chi connectivity index (χ0) is 13.6. The third-order valence-corrected chi connectivity index (χ3v) is 5.39. The van der Waals surface area contributed by atoms with E-state index in [1.54, 1.807) is 0 Å². The molecule has 0 radical (unpaired) electrons. The Morgan fingerprint density at radius 3 is 2.89 bits per heavy atom. The van der Waals surface area contributed by atoms with Gasteiger partial charge in [-0.1, -0.05) is 13.8 Å². The molecule has 5 atom stereocenters. The van der Waals surface area contributed by atoms with Gasteiger partial charge in [0.25, 0.3) is 0 Å². The van der Waals surface area contributed by atoms with Crippen molar-refractivity contribution in [3.63, 3.8) is 0 Å². The lowest BCUT2D eigenvalue weighted by atomic mass is 9.57. The zero-order valence-electron chi connectivity index (χ0n) is 12.2. The van der Waals surface area contributed by atoms with Gasteiger partial charge in [-0.15, -0.1) is 0 Å². The molecule has 108 valence electrons. The summed E-state index contributed by atoms with van der Waals surface area (Å²) in [6, 6.07) is 0.763. The van der Waals surface area contributed by atoms with E-state index in [2.05, 4.69) is 31.4 Å². The van der Waals surface area contributed by atoms with Crippen LogP contribution in [0.15, 0.2) is 0 Å². The van der Waals surface area contributed by atoms with Crippen LogP contribution in [0.3, 0.4) is 0 Å². The van der Waals surface area contributed by atoms with Crippen LogP contribution in [0.5, 0.6) is 0 Å². The van der Waals surface area contributed by atoms with Gasteiger partial charge in [0.1, 0.15) is 0 Å². The Hall–Kier alpha value is -0.610. The van der Waals surface area contributed by atoms with E-state index in [0.29, 0.717) is 24.1 Å². The predicted molar refractivity (Wildman–Crippen MR) is 73.7 cm³/mol. The Morgan fingerprint density at radius 2 is 2.16 bits per heavy atom.